The third-order valence-corrected chi connectivity index (χ3v) is 6.30. The lowest BCUT2D eigenvalue weighted by atomic mass is 10.1. The van der Waals surface area contributed by atoms with Crippen LogP contribution in [0.15, 0.2) is 23.1 Å². The Morgan fingerprint density at radius 1 is 1.26 bits per heavy atom. The summed E-state index contributed by atoms with van der Waals surface area (Å²) in [5.41, 5.74) is 8.16. The maximum Gasteiger partial charge on any atom is 0.223 e. The highest BCUT2D eigenvalue weighted by Crippen LogP contribution is 2.25. The average molecular weight is 359 g/mol. The minimum atomic E-state index is -3.40. The molecule has 5 nitrogen and oxygen atoms in total. The molecule has 1 aromatic rings. The van der Waals surface area contributed by atoms with Crippen LogP contribution in [0, 0.1) is 0 Å². The fourth-order valence-corrected chi connectivity index (χ4v) is 4.53. The van der Waals surface area contributed by atoms with Crippen LogP contribution in [0.2, 0.25) is 0 Å². The van der Waals surface area contributed by atoms with E-state index in [4.69, 9.17) is 5.73 Å². The molecule has 0 aromatic heterocycles. The monoisotopic (exact) mass is 358 g/mol. The molecule has 23 heavy (non-hydrogen) atoms. The highest BCUT2D eigenvalue weighted by atomic mass is 35.5. The summed E-state index contributed by atoms with van der Waals surface area (Å²) in [5, 5.41) is 0. The van der Waals surface area contributed by atoms with E-state index in [0.717, 1.165) is 31.2 Å². The van der Waals surface area contributed by atoms with E-state index in [9.17, 15) is 13.2 Å². The zero-order valence-electron chi connectivity index (χ0n) is 13.0. The van der Waals surface area contributed by atoms with Gasteiger partial charge in [0.15, 0.2) is 9.84 Å². The number of hydrogen-bond acceptors (Lipinski definition) is 4. The van der Waals surface area contributed by atoms with Crippen LogP contribution in [0.3, 0.4) is 0 Å². The Hall–Kier alpha value is -1.11. The number of rotatable bonds is 4. The number of benzene rings is 1. The summed E-state index contributed by atoms with van der Waals surface area (Å²) >= 11 is 0. The fourth-order valence-electron chi connectivity index (χ4n) is 3.25. The van der Waals surface area contributed by atoms with Gasteiger partial charge in [-0.25, -0.2) is 8.42 Å². The van der Waals surface area contributed by atoms with E-state index in [1.807, 2.05) is 6.07 Å². The number of halogens is 1. The summed E-state index contributed by atoms with van der Waals surface area (Å²) < 4.78 is 24.8. The second-order valence-electron chi connectivity index (χ2n) is 6.24. The number of carbonyl (C=O) groups excluding carboxylic acids is 1. The first-order valence-electron chi connectivity index (χ1n) is 7.83. The number of fused-ring (bicyclic) bond motifs is 1. The Bertz CT molecular complexity index is 691. The van der Waals surface area contributed by atoms with Crippen molar-refractivity contribution in [1.29, 1.82) is 0 Å². The first-order valence-corrected chi connectivity index (χ1v) is 9.49. The molecule has 0 spiro atoms. The van der Waals surface area contributed by atoms with Gasteiger partial charge in [-0.05, 0) is 48.9 Å². The number of nitrogens with zero attached hydrogens (tertiary/aromatic N) is 1. The van der Waals surface area contributed by atoms with Gasteiger partial charge in [-0.2, -0.15) is 0 Å². The summed E-state index contributed by atoms with van der Waals surface area (Å²) in [6.45, 7) is 1.18. The third kappa shape index (κ3) is 4.05. The van der Waals surface area contributed by atoms with Gasteiger partial charge in [0, 0.05) is 25.6 Å². The molecule has 1 fully saturated rings. The van der Waals surface area contributed by atoms with Crippen molar-refractivity contribution in [1.82, 2.24) is 4.90 Å². The van der Waals surface area contributed by atoms with Crippen molar-refractivity contribution < 1.29 is 13.2 Å². The largest absolute Gasteiger partial charge is 0.341 e. The molecule has 0 radical (unpaired) electrons. The van der Waals surface area contributed by atoms with Crippen molar-refractivity contribution in [2.75, 3.05) is 18.8 Å². The van der Waals surface area contributed by atoms with Crippen LogP contribution in [0.5, 0.6) is 0 Å². The van der Waals surface area contributed by atoms with Crippen molar-refractivity contribution in [3.63, 3.8) is 0 Å². The predicted molar refractivity (Wildman–Crippen MR) is 91.6 cm³/mol. The maximum absolute atomic E-state index is 12.4. The van der Waals surface area contributed by atoms with Gasteiger partial charge >= 0.3 is 0 Å². The second-order valence-corrected chi connectivity index (χ2v) is 8.35. The van der Waals surface area contributed by atoms with Crippen molar-refractivity contribution in [2.24, 2.45) is 5.73 Å². The lowest BCUT2D eigenvalue weighted by molar-refractivity contribution is -0.129. The standard InChI is InChI=1S/C16H22N2O3S.ClH/c17-14-6-8-18(11-14)16(19)7-9-22(20,21)15-5-4-12-2-1-3-13(12)10-15;/h4-5,10,14H,1-3,6-9,11,17H2;1H/t14-;/m1./s1. The molecule has 1 aliphatic heterocycles. The Morgan fingerprint density at radius 2 is 2.00 bits per heavy atom. The average Bonchev–Trinajstić information content (AvgIpc) is 3.12. The molecule has 0 unspecified atom stereocenters. The second kappa shape index (κ2) is 7.20. The molecule has 2 aliphatic rings. The zero-order valence-corrected chi connectivity index (χ0v) is 14.7. The van der Waals surface area contributed by atoms with Crippen LogP contribution in [0.25, 0.3) is 0 Å². The summed E-state index contributed by atoms with van der Waals surface area (Å²) in [4.78, 5) is 14.1. The lowest BCUT2D eigenvalue weighted by Gasteiger charge is -2.15. The van der Waals surface area contributed by atoms with E-state index in [1.54, 1.807) is 17.0 Å². The van der Waals surface area contributed by atoms with Crippen LogP contribution in [-0.4, -0.2) is 44.1 Å². The van der Waals surface area contributed by atoms with Gasteiger partial charge in [0.05, 0.1) is 10.6 Å². The third-order valence-electron chi connectivity index (χ3n) is 4.59. The molecule has 1 saturated heterocycles. The van der Waals surface area contributed by atoms with E-state index in [-0.39, 0.29) is 36.5 Å². The van der Waals surface area contributed by atoms with Gasteiger partial charge in [-0.1, -0.05) is 6.07 Å². The predicted octanol–water partition coefficient (Wildman–Crippen LogP) is 1.32. The number of nitrogens with two attached hydrogens (primary N) is 1. The van der Waals surface area contributed by atoms with Crippen LogP contribution < -0.4 is 5.73 Å². The van der Waals surface area contributed by atoms with E-state index in [1.165, 1.54) is 5.56 Å². The fraction of sp³-hybridized carbons (Fsp3) is 0.562. The highest BCUT2D eigenvalue weighted by molar-refractivity contribution is 7.91. The van der Waals surface area contributed by atoms with E-state index in [0.29, 0.717) is 18.0 Å². The molecule has 7 heteroatoms. The molecule has 1 aromatic carbocycles. The van der Waals surface area contributed by atoms with Crippen molar-refractivity contribution >= 4 is 28.2 Å². The summed E-state index contributed by atoms with van der Waals surface area (Å²) in [6.07, 6.45) is 3.90. The number of aryl methyl sites for hydroxylation is 2. The lowest BCUT2D eigenvalue weighted by Crippen LogP contribution is -2.32. The molecule has 1 heterocycles. The van der Waals surface area contributed by atoms with Gasteiger partial charge < -0.3 is 10.6 Å². The number of amides is 1. The van der Waals surface area contributed by atoms with Gasteiger partial charge in [0.1, 0.15) is 0 Å². The van der Waals surface area contributed by atoms with Gasteiger partial charge in [0.2, 0.25) is 5.91 Å². The number of sulfone groups is 1. The van der Waals surface area contributed by atoms with Crippen molar-refractivity contribution in [3.8, 4) is 0 Å². The Morgan fingerprint density at radius 3 is 2.70 bits per heavy atom. The van der Waals surface area contributed by atoms with Crippen molar-refractivity contribution in [2.45, 2.75) is 43.0 Å². The molecule has 1 atom stereocenters. The van der Waals surface area contributed by atoms with E-state index >= 15 is 0 Å². The normalized spacial score (nSPS) is 20.2. The Kier molecular flexibility index (Phi) is 5.70. The first-order chi connectivity index (χ1) is 10.5. The Labute approximate surface area is 143 Å². The van der Waals surface area contributed by atoms with Crippen LogP contribution in [0.4, 0.5) is 0 Å². The van der Waals surface area contributed by atoms with E-state index < -0.39 is 9.84 Å². The van der Waals surface area contributed by atoms with Crippen LogP contribution >= 0.6 is 12.4 Å². The topological polar surface area (TPSA) is 80.5 Å². The van der Waals surface area contributed by atoms with Crippen LogP contribution in [0.1, 0.15) is 30.4 Å². The van der Waals surface area contributed by atoms with Gasteiger partial charge in [0.25, 0.3) is 0 Å². The molecule has 1 aliphatic carbocycles. The smallest absolute Gasteiger partial charge is 0.223 e. The maximum atomic E-state index is 12.4. The van der Waals surface area contributed by atoms with E-state index in [2.05, 4.69) is 0 Å². The molecule has 0 bridgehead atoms. The highest BCUT2D eigenvalue weighted by Gasteiger charge is 2.25. The molecule has 3 rings (SSSR count). The summed E-state index contributed by atoms with van der Waals surface area (Å²) in [6, 6.07) is 5.40. The summed E-state index contributed by atoms with van der Waals surface area (Å²) in [7, 11) is -3.40. The minimum absolute atomic E-state index is 0. The minimum Gasteiger partial charge on any atom is -0.341 e. The Balaban J connectivity index is 0.00000192. The SMILES string of the molecule is Cl.N[C@@H]1CCN(C(=O)CCS(=O)(=O)c2ccc3c(c2)CCC3)C1. The van der Waals surface area contributed by atoms with Crippen LogP contribution in [-0.2, 0) is 27.5 Å². The van der Waals surface area contributed by atoms with Gasteiger partial charge in [-0.3, -0.25) is 4.79 Å². The number of likely N-dealkylation sites (tertiary alicyclic amines) is 1. The molecule has 1 amide bonds. The number of hydrogen-bond donors (Lipinski definition) is 1. The summed E-state index contributed by atoms with van der Waals surface area (Å²) in [5.74, 6) is -0.242. The quantitative estimate of drug-likeness (QED) is 0.880. The van der Waals surface area contributed by atoms with Crippen molar-refractivity contribution in [3.05, 3.63) is 29.3 Å². The molecular formula is C16H23ClN2O3S. The molecule has 2 N–H and O–H groups in total. The molecule has 0 saturated carbocycles. The molecular weight excluding hydrogens is 336 g/mol. The van der Waals surface area contributed by atoms with Gasteiger partial charge in [-0.15, -0.1) is 12.4 Å². The first kappa shape index (κ1) is 18.2. The molecule has 128 valence electrons. The number of carbonyl (C=O) groups is 1. The zero-order chi connectivity index (χ0) is 15.7.